The molecular weight excluding hydrogens is 312 g/mol. The van der Waals surface area contributed by atoms with Crippen LogP contribution in [-0.4, -0.2) is 19.1 Å². The van der Waals surface area contributed by atoms with Crippen LogP contribution in [0.1, 0.15) is 5.69 Å². The van der Waals surface area contributed by atoms with E-state index >= 15 is 0 Å². The van der Waals surface area contributed by atoms with Gasteiger partial charge in [-0.05, 0) is 23.6 Å². The van der Waals surface area contributed by atoms with Crippen molar-refractivity contribution >= 4 is 32.6 Å². The number of rotatable bonds is 2. The first-order valence-corrected chi connectivity index (χ1v) is 7.90. The summed E-state index contributed by atoms with van der Waals surface area (Å²) in [7, 11) is 1.71. The highest BCUT2D eigenvalue weighted by Crippen LogP contribution is 2.14. The smallest absolute Gasteiger partial charge is 0.274 e. The molecule has 0 saturated heterocycles. The third-order valence-electron chi connectivity index (χ3n) is 3.82. The zero-order valence-electron chi connectivity index (χ0n) is 12.3. The fourth-order valence-electron chi connectivity index (χ4n) is 2.61. The van der Waals surface area contributed by atoms with Crippen LogP contribution in [0.4, 0.5) is 0 Å². The lowest BCUT2D eigenvalue weighted by Crippen LogP contribution is -2.28. The number of aryl methyl sites for hydroxylation is 1. The zero-order chi connectivity index (χ0) is 16.0. The Morgan fingerprint density at radius 1 is 1.13 bits per heavy atom. The van der Waals surface area contributed by atoms with E-state index in [0.717, 1.165) is 11.0 Å². The minimum absolute atomic E-state index is 0.106. The van der Waals surface area contributed by atoms with Crippen LogP contribution in [0.5, 0.6) is 0 Å². The molecule has 0 fully saturated rings. The van der Waals surface area contributed by atoms with Gasteiger partial charge in [-0.15, -0.1) is 11.3 Å². The van der Waals surface area contributed by atoms with E-state index in [2.05, 4.69) is 9.97 Å². The minimum Gasteiger partial charge on any atom is -0.308 e. The Labute approximate surface area is 134 Å². The zero-order valence-corrected chi connectivity index (χ0v) is 13.1. The lowest BCUT2D eigenvalue weighted by Gasteiger charge is -2.09. The third kappa shape index (κ3) is 2.17. The summed E-state index contributed by atoms with van der Waals surface area (Å²) in [6.45, 7) is 0.106. The van der Waals surface area contributed by atoms with E-state index in [0.29, 0.717) is 15.9 Å². The van der Waals surface area contributed by atoms with E-state index in [1.54, 1.807) is 17.7 Å². The lowest BCUT2D eigenvalue weighted by atomic mass is 10.2. The van der Waals surface area contributed by atoms with Crippen LogP contribution in [0.2, 0.25) is 0 Å². The maximum Gasteiger partial charge on any atom is 0.274 e. The van der Waals surface area contributed by atoms with Gasteiger partial charge in [0.2, 0.25) is 0 Å². The first-order valence-electron chi connectivity index (χ1n) is 7.02. The van der Waals surface area contributed by atoms with Gasteiger partial charge in [-0.1, -0.05) is 12.1 Å². The number of nitrogens with zero attached hydrogens (tertiary/aromatic N) is 4. The van der Waals surface area contributed by atoms with Gasteiger partial charge in [-0.2, -0.15) is 0 Å². The highest BCUT2D eigenvalue weighted by Gasteiger charge is 2.11. The monoisotopic (exact) mass is 324 g/mol. The highest BCUT2D eigenvalue weighted by molar-refractivity contribution is 7.16. The summed E-state index contributed by atoms with van der Waals surface area (Å²) in [5, 5.41) is 2.39. The van der Waals surface area contributed by atoms with Crippen LogP contribution in [-0.2, 0) is 13.6 Å². The number of hydrogen-bond donors (Lipinski definition) is 0. The lowest BCUT2D eigenvalue weighted by molar-refractivity contribution is 0.709. The molecule has 23 heavy (non-hydrogen) atoms. The van der Waals surface area contributed by atoms with Crippen LogP contribution in [0, 0.1) is 0 Å². The van der Waals surface area contributed by atoms with Crippen molar-refractivity contribution in [2.24, 2.45) is 7.05 Å². The van der Waals surface area contributed by atoms with E-state index in [9.17, 15) is 9.59 Å². The molecule has 0 aliphatic heterocycles. The van der Waals surface area contributed by atoms with Crippen molar-refractivity contribution in [2.75, 3.05) is 0 Å². The number of hydrogen-bond acceptors (Lipinski definition) is 5. The first kappa shape index (κ1) is 13.8. The maximum absolute atomic E-state index is 12.5. The topological polar surface area (TPSA) is 69.8 Å². The average molecular weight is 324 g/mol. The predicted molar refractivity (Wildman–Crippen MR) is 90.0 cm³/mol. The Morgan fingerprint density at radius 3 is 2.83 bits per heavy atom. The second-order valence-electron chi connectivity index (χ2n) is 5.23. The molecule has 0 unspecified atom stereocenters. The summed E-state index contributed by atoms with van der Waals surface area (Å²) in [4.78, 5) is 34.3. The summed E-state index contributed by atoms with van der Waals surface area (Å²) in [5.74, 6) is 0. The number of benzene rings is 1. The average Bonchev–Trinajstić information content (AvgIpc) is 3.04. The Balaban J connectivity index is 1.89. The van der Waals surface area contributed by atoms with Crippen LogP contribution in [0.15, 0.2) is 51.6 Å². The van der Waals surface area contributed by atoms with Crippen molar-refractivity contribution in [2.45, 2.75) is 6.54 Å². The molecule has 6 nitrogen and oxygen atoms in total. The molecule has 3 aromatic heterocycles. The van der Waals surface area contributed by atoms with Crippen molar-refractivity contribution in [1.82, 2.24) is 19.1 Å². The second-order valence-corrected chi connectivity index (χ2v) is 6.12. The SMILES string of the molecule is Cn1c(=O)c(Cn2cnc3sccc3c2=O)nc2ccccc21. The molecule has 0 N–H and O–H groups in total. The first-order chi connectivity index (χ1) is 11.1. The van der Waals surface area contributed by atoms with Gasteiger partial charge in [0, 0.05) is 7.05 Å². The molecule has 0 amide bonds. The summed E-state index contributed by atoms with van der Waals surface area (Å²) < 4.78 is 2.98. The second kappa shape index (κ2) is 5.13. The van der Waals surface area contributed by atoms with Crippen LogP contribution in [0.3, 0.4) is 0 Å². The van der Waals surface area contributed by atoms with Gasteiger partial charge >= 0.3 is 0 Å². The quantitative estimate of drug-likeness (QED) is 0.563. The van der Waals surface area contributed by atoms with E-state index in [1.165, 1.54) is 22.2 Å². The van der Waals surface area contributed by atoms with Crippen molar-refractivity contribution in [1.29, 1.82) is 0 Å². The Morgan fingerprint density at radius 2 is 1.96 bits per heavy atom. The molecule has 0 radical (unpaired) electrons. The summed E-state index contributed by atoms with van der Waals surface area (Å²) in [5.41, 5.74) is 1.45. The molecule has 0 aliphatic carbocycles. The van der Waals surface area contributed by atoms with Crippen LogP contribution >= 0.6 is 11.3 Å². The molecule has 4 aromatic rings. The standard InChI is InChI=1S/C16H12N4O2S/c1-19-13-5-3-2-4-11(13)18-12(16(19)22)8-20-9-17-14-10(15(20)21)6-7-23-14/h2-7,9H,8H2,1H3. The van der Waals surface area contributed by atoms with Crippen LogP contribution in [0.25, 0.3) is 21.3 Å². The van der Waals surface area contributed by atoms with Gasteiger partial charge in [0.1, 0.15) is 10.5 Å². The molecule has 1 aromatic carbocycles. The Kier molecular flexibility index (Phi) is 3.09. The van der Waals surface area contributed by atoms with Gasteiger partial charge in [-0.3, -0.25) is 14.2 Å². The molecule has 7 heteroatoms. The van der Waals surface area contributed by atoms with Crippen molar-refractivity contribution in [3.05, 3.63) is 68.4 Å². The van der Waals surface area contributed by atoms with Crippen molar-refractivity contribution in [3.8, 4) is 0 Å². The molecular formula is C16H12N4O2S. The predicted octanol–water partition coefficient (Wildman–Crippen LogP) is 1.75. The highest BCUT2D eigenvalue weighted by atomic mass is 32.1. The fraction of sp³-hybridized carbons (Fsp3) is 0.125. The third-order valence-corrected chi connectivity index (χ3v) is 4.64. The molecule has 0 bridgehead atoms. The number of para-hydroxylation sites is 2. The van der Waals surface area contributed by atoms with E-state index in [-0.39, 0.29) is 17.7 Å². The van der Waals surface area contributed by atoms with Gasteiger partial charge < -0.3 is 4.57 Å². The number of thiophene rings is 1. The molecule has 0 spiro atoms. The Bertz CT molecular complexity index is 1160. The molecule has 114 valence electrons. The largest absolute Gasteiger partial charge is 0.308 e. The summed E-state index contributed by atoms with van der Waals surface area (Å²) in [6.07, 6.45) is 1.47. The molecule has 3 heterocycles. The van der Waals surface area contributed by atoms with E-state index < -0.39 is 0 Å². The van der Waals surface area contributed by atoms with Crippen LogP contribution < -0.4 is 11.1 Å². The fourth-order valence-corrected chi connectivity index (χ4v) is 3.33. The van der Waals surface area contributed by atoms with E-state index in [1.807, 2.05) is 29.6 Å². The van der Waals surface area contributed by atoms with Gasteiger partial charge in [0.05, 0.1) is 29.3 Å². The Hall–Kier alpha value is -2.80. The van der Waals surface area contributed by atoms with Crippen molar-refractivity contribution in [3.63, 3.8) is 0 Å². The number of aromatic nitrogens is 4. The summed E-state index contributed by atoms with van der Waals surface area (Å²) >= 11 is 1.42. The van der Waals surface area contributed by atoms with Gasteiger partial charge in [0.25, 0.3) is 11.1 Å². The molecule has 4 rings (SSSR count). The minimum atomic E-state index is -0.207. The van der Waals surface area contributed by atoms with Gasteiger partial charge in [0.15, 0.2) is 0 Å². The molecule has 0 aliphatic rings. The van der Waals surface area contributed by atoms with Gasteiger partial charge in [-0.25, -0.2) is 9.97 Å². The van der Waals surface area contributed by atoms with Crippen molar-refractivity contribution < 1.29 is 0 Å². The normalized spacial score (nSPS) is 11.3. The molecule has 0 atom stereocenters. The number of fused-ring (bicyclic) bond motifs is 2. The van der Waals surface area contributed by atoms with E-state index in [4.69, 9.17) is 0 Å². The molecule has 0 saturated carbocycles. The maximum atomic E-state index is 12.5. The summed E-state index contributed by atoms with van der Waals surface area (Å²) in [6, 6.07) is 9.18.